The van der Waals surface area contributed by atoms with E-state index < -0.39 is 0 Å². The SMILES string of the molecule is CO[C@@H](c1ccc(NC(=O)[C@H]2CCCN2)cc1)[C@@H](C)/C=C/CCO. The van der Waals surface area contributed by atoms with Gasteiger partial charge in [0.2, 0.25) is 5.91 Å². The summed E-state index contributed by atoms with van der Waals surface area (Å²) in [4.78, 5) is 12.1. The Bertz CT molecular complexity index is 536. The Balaban J connectivity index is 1.97. The summed E-state index contributed by atoms with van der Waals surface area (Å²) in [7, 11) is 1.70. The molecule has 1 fully saturated rings. The highest BCUT2D eigenvalue weighted by Gasteiger charge is 2.22. The van der Waals surface area contributed by atoms with E-state index in [1.165, 1.54) is 0 Å². The second-order valence-corrected chi connectivity index (χ2v) is 6.22. The Hall–Kier alpha value is -1.69. The number of amides is 1. The van der Waals surface area contributed by atoms with Crippen LogP contribution in [0.2, 0.25) is 0 Å². The quantitative estimate of drug-likeness (QED) is 0.640. The molecule has 0 unspecified atom stereocenters. The summed E-state index contributed by atoms with van der Waals surface area (Å²) in [5.41, 5.74) is 1.87. The lowest BCUT2D eigenvalue weighted by atomic mass is 9.96. The molecular formula is C19H28N2O3. The standard InChI is InChI=1S/C19H28N2O3/c1-14(6-3-4-13-22)18(24-2)15-8-10-16(11-9-15)21-19(23)17-7-5-12-20-17/h3,6,8-11,14,17-18,20,22H,4-5,7,12-13H2,1-2H3,(H,21,23)/b6-3+/t14-,17+,18+/m0/s1. The van der Waals surface area contributed by atoms with Crippen LogP contribution in [0, 0.1) is 5.92 Å². The van der Waals surface area contributed by atoms with Crippen molar-refractivity contribution in [1.82, 2.24) is 5.32 Å². The highest BCUT2D eigenvalue weighted by atomic mass is 16.5. The minimum absolute atomic E-state index is 0.0313. The van der Waals surface area contributed by atoms with Gasteiger partial charge in [0.05, 0.1) is 12.1 Å². The third-order valence-corrected chi connectivity index (χ3v) is 4.35. The van der Waals surface area contributed by atoms with Crippen LogP contribution >= 0.6 is 0 Å². The van der Waals surface area contributed by atoms with Gasteiger partial charge < -0.3 is 20.5 Å². The van der Waals surface area contributed by atoms with E-state index in [0.717, 1.165) is 30.6 Å². The number of hydrogen-bond donors (Lipinski definition) is 3. The summed E-state index contributed by atoms with van der Waals surface area (Å²) >= 11 is 0. The predicted octanol–water partition coefficient (Wildman–Crippen LogP) is 2.64. The molecule has 0 aromatic heterocycles. The fourth-order valence-electron chi connectivity index (χ4n) is 3.03. The van der Waals surface area contributed by atoms with E-state index in [-0.39, 0.29) is 30.6 Å². The zero-order valence-corrected chi connectivity index (χ0v) is 14.5. The fraction of sp³-hybridized carbons (Fsp3) is 0.526. The van der Waals surface area contributed by atoms with Gasteiger partial charge in [0, 0.05) is 25.3 Å². The van der Waals surface area contributed by atoms with Crippen molar-refractivity contribution in [3.8, 4) is 0 Å². The summed E-state index contributed by atoms with van der Waals surface area (Å²) in [5, 5.41) is 15.0. The normalized spacial score (nSPS) is 20.2. The van der Waals surface area contributed by atoms with Crippen molar-refractivity contribution < 1.29 is 14.6 Å². The fourth-order valence-corrected chi connectivity index (χ4v) is 3.03. The molecule has 1 heterocycles. The second-order valence-electron chi connectivity index (χ2n) is 6.22. The average molecular weight is 332 g/mol. The number of ether oxygens (including phenoxy) is 1. The second kappa shape index (κ2) is 9.57. The van der Waals surface area contributed by atoms with E-state index >= 15 is 0 Å². The number of aliphatic hydroxyl groups is 1. The van der Waals surface area contributed by atoms with Crippen LogP contribution < -0.4 is 10.6 Å². The molecule has 1 amide bonds. The van der Waals surface area contributed by atoms with Crippen LogP contribution in [0.25, 0.3) is 0 Å². The number of rotatable bonds is 8. The number of anilines is 1. The molecule has 24 heavy (non-hydrogen) atoms. The van der Waals surface area contributed by atoms with Gasteiger partial charge in [0.1, 0.15) is 0 Å². The van der Waals surface area contributed by atoms with E-state index in [1.54, 1.807) is 7.11 Å². The smallest absolute Gasteiger partial charge is 0.241 e. The first-order valence-electron chi connectivity index (χ1n) is 8.60. The van der Waals surface area contributed by atoms with Crippen molar-refractivity contribution in [2.24, 2.45) is 5.92 Å². The highest BCUT2D eigenvalue weighted by Crippen LogP contribution is 2.27. The molecule has 5 nitrogen and oxygen atoms in total. The molecule has 1 aliphatic rings. The van der Waals surface area contributed by atoms with Crippen molar-refractivity contribution >= 4 is 11.6 Å². The van der Waals surface area contributed by atoms with Gasteiger partial charge in [0.25, 0.3) is 0 Å². The van der Waals surface area contributed by atoms with Crippen molar-refractivity contribution in [3.63, 3.8) is 0 Å². The van der Waals surface area contributed by atoms with Crippen LogP contribution in [0.15, 0.2) is 36.4 Å². The van der Waals surface area contributed by atoms with E-state index in [0.29, 0.717) is 6.42 Å². The number of carbonyl (C=O) groups is 1. The third-order valence-electron chi connectivity index (χ3n) is 4.35. The lowest BCUT2D eigenvalue weighted by molar-refractivity contribution is -0.117. The predicted molar refractivity (Wildman–Crippen MR) is 95.9 cm³/mol. The molecule has 0 aliphatic carbocycles. The number of carbonyl (C=O) groups excluding carboxylic acids is 1. The maximum Gasteiger partial charge on any atom is 0.241 e. The zero-order valence-electron chi connectivity index (χ0n) is 14.5. The van der Waals surface area contributed by atoms with Crippen LogP contribution in [0.1, 0.15) is 37.9 Å². The molecule has 5 heteroatoms. The number of nitrogens with one attached hydrogen (secondary N) is 2. The Morgan fingerprint density at radius 1 is 1.46 bits per heavy atom. The molecule has 3 atom stereocenters. The Labute approximate surface area is 144 Å². The van der Waals surface area contributed by atoms with Crippen LogP contribution in [0.5, 0.6) is 0 Å². The minimum atomic E-state index is -0.0758. The monoisotopic (exact) mass is 332 g/mol. The van der Waals surface area contributed by atoms with Gasteiger partial charge in [-0.25, -0.2) is 0 Å². The number of hydrogen-bond acceptors (Lipinski definition) is 4. The molecular weight excluding hydrogens is 304 g/mol. The van der Waals surface area contributed by atoms with Gasteiger partial charge in [-0.05, 0) is 43.5 Å². The van der Waals surface area contributed by atoms with Crippen LogP contribution in [0.4, 0.5) is 5.69 Å². The molecule has 0 saturated carbocycles. The van der Waals surface area contributed by atoms with Gasteiger partial charge in [-0.3, -0.25) is 4.79 Å². The molecule has 0 radical (unpaired) electrons. The Morgan fingerprint density at radius 3 is 2.79 bits per heavy atom. The van der Waals surface area contributed by atoms with Crippen LogP contribution in [-0.2, 0) is 9.53 Å². The first-order chi connectivity index (χ1) is 11.7. The van der Waals surface area contributed by atoms with Crippen molar-refractivity contribution in [2.45, 2.75) is 38.3 Å². The summed E-state index contributed by atoms with van der Waals surface area (Å²) in [5.74, 6) is 0.230. The molecule has 1 saturated heterocycles. The van der Waals surface area contributed by atoms with E-state index in [2.05, 4.69) is 23.6 Å². The molecule has 0 bridgehead atoms. The molecule has 1 aliphatic heterocycles. The maximum absolute atomic E-state index is 12.1. The lowest BCUT2D eigenvalue weighted by Crippen LogP contribution is -2.35. The average Bonchev–Trinajstić information content (AvgIpc) is 3.12. The van der Waals surface area contributed by atoms with E-state index in [9.17, 15) is 4.79 Å². The lowest BCUT2D eigenvalue weighted by Gasteiger charge is -2.21. The van der Waals surface area contributed by atoms with Crippen LogP contribution in [-0.4, -0.2) is 37.3 Å². The van der Waals surface area contributed by atoms with Crippen molar-refractivity contribution in [2.75, 3.05) is 25.6 Å². The molecule has 1 aromatic rings. The van der Waals surface area contributed by atoms with Gasteiger partial charge in [-0.2, -0.15) is 0 Å². The van der Waals surface area contributed by atoms with E-state index in [4.69, 9.17) is 9.84 Å². The maximum atomic E-state index is 12.1. The Kier molecular flexibility index (Phi) is 7.43. The summed E-state index contributed by atoms with van der Waals surface area (Å²) < 4.78 is 5.62. The van der Waals surface area contributed by atoms with Crippen LogP contribution in [0.3, 0.4) is 0 Å². The first-order valence-corrected chi connectivity index (χ1v) is 8.60. The molecule has 0 spiro atoms. The van der Waals surface area contributed by atoms with Gasteiger partial charge >= 0.3 is 0 Å². The van der Waals surface area contributed by atoms with Gasteiger partial charge in [0.15, 0.2) is 0 Å². The Morgan fingerprint density at radius 2 is 2.21 bits per heavy atom. The van der Waals surface area contributed by atoms with Crippen molar-refractivity contribution in [3.05, 3.63) is 42.0 Å². The number of methoxy groups -OCH3 is 1. The first kappa shape index (κ1) is 18.6. The summed E-state index contributed by atoms with van der Waals surface area (Å²) in [6, 6.07) is 7.73. The largest absolute Gasteiger partial charge is 0.396 e. The molecule has 1 aromatic carbocycles. The highest BCUT2D eigenvalue weighted by molar-refractivity contribution is 5.95. The molecule has 132 valence electrons. The third kappa shape index (κ3) is 5.16. The number of benzene rings is 1. The zero-order chi connectivity index (χ0) is 17.4. The number of aliphatic hydroxyl groups excluding tert-OH is 1. The van der Waals surface area contributed by atoms with Crippen molar-refractivity contribution in [1.29, 1.82) is 0 Å². The minimum Gasteiger partial charge on any atom is -0.396 e. The van der Waals surface area contributed by atoms with E-state index in [1.807, 2.05) is 30.3 Å². The molecule has 2 rings (SSSR count). The summed E-state index contributed by atoms with van der Waals surface area (Å²) in [6.45, 7) is 3.16. The topological polar surface area (TPSA) is 70.6 Å². The summed E-state index contributed by atoms with van der Waals surface area (Å²) in [6.07, 6.45) is 6.58. The molecule has 3 N–H and O–H groups in total. The van der Waals surface area contributed by atoms with Gasteiger partial charge in [-0.1, -0.05) is 31.2 Å². The van der Waals surface area contributed by atoms with Gasteiger partial charge in [-0.15, -0.1) is 0 Å².